The van der Waals surface area contributed by atoms with Gasteiger partial charge in [-0.3, -0.25) is 4.79 Å². The molecule has 1 fully saturated rings. The number of hydrogen-bond acceptors (Lipinski definition) is 5. The topological polar surface area (TPSA) is 97.2 Å². The van der Waals surface area contributed by atoms with Crippen LogP contribution in [0.5, 0.6) is 0 Å². The second-order valence-electron chi connectivity index (χ2n) is 8.28. The number of pyridine rings is 1. The Kier molecular flexibility index (Phi) is 5.52. The largest absolute Gasteiger partial charge is 0.323 e. The van der Waals surface area contributed by atoms with Crippen LogP contribution in [-0.2, 0) is 27.7 Å². The van der Waals surface area contributed by atoms with Gasteiger partial charge in [0.15, 0.2) is 5.82 Å². The summed E-state index contributed by atoms with van der Waals surface area (Å²) in [5.41, 5.74) is 2.98. The van der Waals surface area contributed by atoms with Crippen LogP contribution in [0.25, 0.3) is 5.82 Å². The number of rotatable bonds is 5. The Labute approximate surface area is 187 Å². The number of carbonyl (C=O) groups excluding carboxylic acids is 1. The molecule has 1 aliphatic carbocycles. The van der Waals surface area contributed by atoms with Crippen molar-refractivity contribution in [3.63, 3.8) is 0 Å². The Bertz CT molecular complexity index is 1230. The number of sulfonamides is 1. The summed E-state index contributed by atoms with van der Waals surface area (Å²) in [6.07, 6.45) is 9.07. The molecule has 8 nitrogen and oxygen atoms in total. The van der Waals surface area contributed by atoms with Crippen molar-refractivity contribution in [2.75, 3.05) is 18.4 Å². The molecule has 166 valence electrons. The van der Waals surface area contributed by atoms with Gasteiger partial charge in [0.25, 0.3) is 0 Å². The average molecular weight is 452 g/mol. The number of nitrogens with zero attached hydrogens (tertiary/aromatic N) is 4. The summed E-state index contributed by atoms with van der Waals surface area (Å²) in [5.74, 6) is 0.163. The summed E-state index contributed by atoms with van der Waals surface area (Å²) in [5, 5.41) is 7.14. The van der Waals surface area contributed by atoms with Crippen molar-refractivity contribution in [2.45, 2.75) is 37.0 Å². The number of benzene rings is 1. The van der Waals surface area contributed by atoms with E-state index >= 15 is 0 Å². The molecule has 0 bridgehead atoms. The van der Waals surface area contributed by atoms with E-state index in [0.717, 1.165) is 24.8 Å². The molecule has 9 heteroatoms. The summed E-state index contributed by atoms with van der Waals surface area (Å²) in [6.45, 7) is 0.660. The molecule has 0 radical (unpaired) electrons. The first-order chi connectivity index (χ1) is 15.5. The maximum Gasteiger partial charge on any atom is 0.243 e. The Hall–Kier alpha value is -3.04. The second kappa shape index (κ2) is 8.48. The predicted octanol–water partition coefficient (Wildman–Crippen LogP) is 2.80. The number of aromatic nitrogens is 3. The minimum absolute atomic E-state index is 0.124. The van der Waals surface area contributed by atoms with Crippen molar-refractivity contribution in [1.82, 2.24) is 19.1 Å². The van der Waals surface area contributed by atoms with Crippen molar-refractivity contribution in [2.24, 2.45) is 5.92 Å². The monoisotopic (exact) mass is 451 g/mol. The highest BCUT2D eigenvalue weighted by molar-refractivity contribution is 7.89. The zero-order chi connectivity index (χ0) is 22.1. The standard InChI is InChI=1S/C23H25N5O3S/c29-23(26-21-6-2-11-24-22(21)28-13-3-12-25-28)18-9-14-27(15-10-18)32(30,31)20-8-7-17-4-1-5-19(17)16-20/h2-3,6-8,11-13,16,18H,1,4-5,9-10,14-15H2,(H,26,29). The molecule has 1 aromatic carbocycles. The quantitative estimate of drug-likeness (QED) is 0.643. The van der Waals surface area contributed by atoms with Crippen molar-refractivity contribution in [3.8, 4) is 5.82 Å². The van der Waals surface area contributed by atoms with E-state index in [1.165, 1.54) is 9.87 Å². The first-order valence-corrected chi connectivity index (χ1v) is 12.3. The molecular weight excluding hydrogens is 426 g/mol. The maximum absolute atomic E-state index is 13.1. The third-order valence-corrected chi connectivity index (χ3v) is 8.19. The molecule has 0 unspecified atom stereocenters. The van der Waals surface area contributed by atoms with Gasteiger partial charge in [-0.25, -0.2) is 18.1 Å². The molecule has 0 saturated carbocycles. The highest BCUT2D eigenvalue weighted by Crippen LogP contribution is 2.29. The Morgan fingerprint density at radius 2 is 1.84 bits per heavy atom. The Morgan fingerprint density at radius 1 is 1.03 bits per heavy atom. The van der Waals surface area contributed by atoms with Gasteiger partial charge in [0.1, 0.15) is 0 Å². The molecule has 2 aliphatic rings. The first-order valence-electron chi connectivity index (χ1n) is 10.9. The zero-order valence-electron chi connectivity index (χ0n) is 17.6. The van der Waals surface area contributed by atoms with Gasteiger partial charge in [-0.15, -0.1) is 0 Å². The third-order valence-electron chi connectivity index (χ3n) is 6.30. The summed E-state index contributed by atoms with van der Waals surface area (Å²) in [6, 6.07) is 10.8. The highest BCUT2D eigenvalue weighted by atomic mass is 32.2. The first kappa shape index (κ1) is 20.8. The minimum Gasteiger partial charge on any atom is -0.323 e. The van der Waals surface area contributed by atoms with Crippen LogP contribution in [0.1, 0.15) is 30.4 Å². The number of nitrogens with one attached hydrogen (secondary N) is 1. The van der Waals surface area contributed by atoms with E-state index in [4.69, 9.17) is 0 Å². The van der Waals surface area contributed by atoms with Crippen LogP contribution in [0.15, 0.2) is 59.9 Å². The van der Waals surface area contributed by atoms with E-state index in [1.807, 2.05) is 12.1 Å². The molecule has 1 amide bonds. The lowest BCUT2D eigenvalue weighted by Gasteiger charge is -2.30. The lowest BCUT2D eigenvalue weighted by Crippen LogP contribution is -2.41. The van der Waals surface area contributed by atoms with Crippen LogP contribution in [0.4, 0.5) is 5.69 Å². The molecule has 3 heterocycles. The number of piperidine rings is 1. The lowest BCUT2D eigenvalue weighted by molar-refractivity contribution is -0.120. The summed E-state index contributed by atoms with van der Waals surface area (Å²) >= 11 is 0. The van der Waals surface area contributed by atoms with Crippen LogP contribution in [-0.4, -0.2) is 46.5 Å². The van der Waals surface area contributed by atoms with E-state index < -0.39 is 10.0 Å². The minimum atomic E-state index is -3.55. The van der Waals surface area contributed by atoms with Gasteiger partial charge < -0.3 is 5.32 Å². The van der Waals surface area contributed by atoms with Crippen LogP contribution < -0.4 is 5.32 Å². The fourth-order valence-electron chi connectivity index (χ4n) is 4.52. The number of carbonyl (C=O) groups is 1. The van der Waals surface area contributed by atoms with Crippen molar-refractivity contribution in [3.05, 3.63) is 66.1 Å². The van der Waals surface area contributed by atoms with E-state index in [9.17, 15) is 13.2 Å². The van der Waals surface area contributed by atoms with E-state index in [1.54, 1.807) is 47.5 Å². The Morgan fingerprint density at radius 3 is 2.62 bits per heavy atom. The van der Waals surface area contributed by atoms with Gasteiger partial charge in [-0.2, -0.15) is 9.40 Å². The van der Waals surface area contributed by atoms with Crippen LogP contribution in [0.3, 0.4) is 0 Å². The molecule has 0 atom stereocenters. The second-order valence-corrected chi connectivity index (χ2v) is 10.2. The van der Waals surface area contributed by atoms with Gasteiger partial charge in [0.2, 0.25) is 15.9 Å². The molecule has 5 rings (SSSR count). The number of amides is 1. The number of anilines is 1. The number of hydrogen-bond donors (Lipinski definition) is 1. The zero-order valence-corrected chi connectivity index (χ0v) is 18.5. The average Bonchev–Trinajstić information content (AvgIpc) is 3.51. The molecule has 1 N–H and O–H groups in total. The summed E-state index contributed by atoms with van der Waals surface area (Å²) in [7, 11) is -3.55. The summed E-state index contributed by atoms with van der Waals surface area (Å²) in [4.78, 5) is 17.6. The van der Waals surface area contributed by atoms with Crippen LogP contribution in [0.2, 0.25) is 0 Å². The third kappa shape index (κ3) is 3.93. The maximum atomic E-state index is 13.1. The number of fused-ring (bicyclic) bond motifs is 1. The van der Waals surface area contributed by atoms with Crippen molar-refractivity contribution < 1.29 is 13.2 Å². The number of aryl methyl sites for hydroxylation is 2. The summed E-state index contributed by atoms with van der Waals surface area (Å²) < 4.78 is 29.4. The Balaban J connectivity index is 1.25. The molecule has 3 aromatic rings. The van der Waals surface area contributed by atoms with E-state index in [-0.39, 0.29) is 11.8 Å². The predicted molar refractivity (Wildman–Crippen MR) is 120 cm³/mol. The van der Waals surface area contributed by atoms with Gasteiger partial charge in [0, 0.05) is 37.6 Å². The molecule has 0 spiro atoms. The fourth-order valence-corrected chi connectivity index (χ4v) is 6.04. The van der Waals surface area contributed by atoms with Gasteiger partial charge >= 0.3 is 0 Å². The highest BCUT2D eigenvalue weighted by Gasteiger charge is 2.33. The fraction of sp³-hybridized carbons (Fsp3) is 0.348. The van der Waals surface area contributed by atoms with Crippen LogP contribution in [0, 0.1) is 5.92 Å². The molecular formula is C23H25N5O3S. The van der Waals surface area contributed by atoms with Crippen molar-refractivity contribution in [1.29, 1.82) is 0 Å². The van der Waals surface area contributed by atoms with Gasteiger partial charge in [-0.1, -0.05) is 6.07 Å². The van der Waals surface area contributed by atoms with E-state index in [0.29, 0.717) is 42.3 Å². The SMILES string of the molecule is O=C(Nc1cccnc1-n1cccn1)C1CCN(S(=O)(=O)c2ccc3c(c2)CCC3)CC1. The normalized spacial score (nSPS) is 17.2. The van der Waals surface area contributed by atoms with E-state index in [2.05, 4.69) is 15.4 Å². The molecule has 1 saturated heterocycles. The van der Waals surface area contributed by atoms with Gasteiger partial charge in [0.05, 0.1) is 10.6 Å². The smallest absolute Gasteiger partial charge is 0.243 e. The van der Waals surface area contributed by atoms with Crippen LogP contribution >= 0.6 is 0 Å². The lowest BCUT2D eigenvalue weighted by atomic mass is 9.97. The molecule has 32 heavy (non-hydrogen) atoms. The van der Waals surface area contributed by atoms with Gasteiger partial charge in [-0.05, 0) is 73.6 Å². The molecule has 1 aliphatic heterocycles. The van der Waals surface area contributed by atoms with Crippen molar-refractivity contribution >= 4 is 21.6 Å². The molecule has 2 aromatic heterocycles.